The Morgan fingerprint density at radius 3 is 2.59 bits per heavy atom. The van der Waals surface area contributed by atoms with Crippen LogP contribution in [-0.4, -0.2) is 21.0 Å². The van der Waals surface area contributed by atoms with Crippen LogP contribution in [0, 0.1) is 6.92 Å². The van der Waals surface area contributed by atoms with Crippen LogP contribution in [-0.2, 0) is 6.18 Å². The van der Waals surface area contributed by atoms with Gasteiger partial charge in [-0.05, 0) is 25.1 Å². The minimum absolute atomic E-state index is 0.0786. The second-order valence-corrected chi connectivity index (χ2v) is 4.73. The number of rotatable bonds is 3. The van der Waals surface area contributed by atoms with Gasteiger partial charge in [-0.1, -0.05) is 11.6 Å². The Bertz CT molecular complexity index is 735. The van der Waals surface area contributed by atoms with Crippen LogP contribution in [0.2, 0.25) is 5.02 Å². The minimum Gasteiger partial charge on any atom is -0.476 e. The van der Waals surface area contributed by atoms with Crippen LogP contribution in [0.25, 0.3) is 0 Å². The van der Waals surface area contributed by atoms with E-state index in [2.05, 4.69) is 15.3 Å². The highest BCUT2D eigenvalue weighted by Gasteiger charge is 2.33. The summed E-state index contributed by atoms with van der Waals surface area (Å²) in [5.41, 5.74) is -0.944. The molecule has 116 valence electrons. The number of carboxylic acids is 1. The van der Waals surface area contributed by atoms with Crippen molar-refractivity contribution in [2.75, 3.05) is 5.32 Å². The highest BCUT2D eigenvalue weighted by atomic mass is 35.5. The lowest BCUT2D eigenvalue weighted by Gasteiger charge is -2.13. The van der Waals surface area contributed by atoms with E-state index in [9.17, 15) is 18.0 Å². The Morgan fingerprint density at radius 2 is 2.00 bits per heavy atom. The van der Waals surface area contributed by atoms with Crippen LogP contribution >= 0.6 is 11.6 Å². The molecule has 1 heterocycles. The van der Waals surface area contributed by atoms with E-state index in [-0.39, 0.29) is 22.8 Å². The van der Waals surface area contributed by atoms with Gasteiger partial charge < -0.3 is 10.4 Å². The zero-order chi connectivity index (χ0) is 16.5. The summed E-state index contributed by atoms with van der Waals surface area (Å²) in [4.78, 5) is 18.4. The molecule has 0 bridgehead atoms. The van der Waals surface area contributed by atoms with Gasteiger partial charge in [0, 0.05) is 11.3 Å². The number of carbonyl (C=O) groups is 1. The number of anilines is 2. The summed E-state index contributed by atoms with van der Waals surface area (Å²) in [7, 11) is 0. The fraction of sp³-hybridized carbons (Fsp3) is 0.154. The van der Waals surface area contributed by atoms with Crippen molar-refractivity contribution < 1.29 is 23.1 Å². The smallest absolute Gasteiger partial charge is 0.417 e. The number of aromatic carboxylic acids is 1. The Morgan fingerprint density at radius 1 is 1.32 bits per heavy atom. The van der Waals surface area contributed by atoms with E-state index >= 15 is 0 Å². The molecule has 0 aliphatic heterocycles. The third-order valence-electron chi connectivity index (χ3n) is 2.82. The Kier molecular flexibility index (Phi) is 4.23. The zero-order valence-electron chi connectivity index (χ0n) is 11.1. The molecule has 5 nitrogen and oxygen atoms in total. The first kappa shape index (κ1) is 16.0. The summed E-state index contributed by atoms with van der Waals surface area (Å²) < 4.78 is 38.4. The van der Waals surface area contributed by atoms with E-state index in [4.69, 9.17) is 16.7 Å². The molecule has 0 spiro atoms. The van der Waals surface area contributed by atoms with Gasteiger partial charge in [-0.2, -0.15) is 13.2 Å². The van der Waals surface area contributed by atoms with Gasteiger partial charge in [0.1, 0.15) is 12.1 Å². The Labute approximate surface area is 127 Å². The maximum Gasteiger partial charge on any atom is 0.417 e. The SMILES string of the molecule is Cc1c(Nc2ccc(Cl)c(C(F)(F)F)c2)ncnc1C(=O)O. The number of halogens is 4. The van der Waals surface area contributed by atoms with Crippen molar-refractivity contribution in [3.63, 3.8) is 0 Å². The first-order valence-corrected chi connectivity index (χ1v) is 6.26. The quantitative estimate of drug-likeness (QED) is 0.892. The van der Waals surface area contributed by atoms with Gasteiger partial charge in [0.2, 0.25) is 0 Å². The van der Waals surface area contributed by atoms with Crippen LogP contribution < -0.4 is 5.32 Å². The van der Waals surface area contributed by atoms with E-state index < -0.39 is 22.7 Å². The van der Waals surface area contributed by atoms with Gasteiger partial charge in [-0.15, -0.1) is 0 Å². The van der Waals surface area contributed by atoms with Crippen molar-refractivity contribution in [2.24, 2.45) is 0 Å². The van der Waals surface area contributed by atoms with Crippen molar-refractivity contribution >= 4 is 29.1 Å². The van der Waals surface area contributed by atoms with Gasteiger partial charge in [-0.3, -0.25) is 0 Å². The molecule has 0 atom stereocenters. The van der Waals surface area contributed by atoms with Crippen molar-refractivity contribution in [3.8, 4) is 0 Å². The molecule has 0 unspecified atom stereocenters. The van der Waals surface area contributed by atoms with E-state index in [0.29, 0.717) is 0 Å². The number of aromatic nitrogens is 2. The summed E-state index contributed by atoms with van der Waals surface area (Å²) >= 11 is 5.53. The average molecular weight is 332 g/mol. The number of carboxylic acid groups (broad SMARTS) is 1. The molecule has 1 aromatic heterocycles. The third-order valence-corrected chi connectivity index (χ3v) is 3.15. The van der Waals surface area contributed by atoms with E-state index in [1.807, 2.05) is 0 Å². The molecule has 9 heteroatoms. The topological polar surface area (TPSA) is 75.1 Å². The maximum absolute atomic E-state index is 12.8. The molecule has 0 saturated heterocycles. The molecule has 2 aromatic rings. The highest BCUT2D eigenvalue weighted by molar-refractivity contribution is 6.31. The lowest BCUT2D eigenvalue weighted by atomic mass is 10.1. The average Bonchev–Trinajstić information content (AvgIpc) is 2.41. The zero-order valence-corrected chi connectivity index (χ0v) is 11.8. The van der Waals surface area contributed by atoms with Crippen molar-refractivity contribution in [1.29, 1.82) is 0 Å². The monoisotopic (exact) mass is 331 g/mol. The lowest BCUT2D eigenvalue weighted by molar-refractivity contribution is -0.137. The van der Waals surface area contributed by atoms with Gasteiger partial charge in [0.25, 0.3) is 0 Å². The van der Waals surface area contributed by atoms with Crippen LogP contribution in [0.1, 0.15) is 21.6 Å². The van der Waals surface area contributed by atoms with E-state index in [1.54, 1.807) is 0 Å². The standard InChI is InChI=1S/C13H9ClF3N3O2/c1-6-10(12(21)22)18-5-19-11(6)20-7-2-3-9(14)8(4-7)13(15,16)17/h2-5H,1H3,(H,21,22)(H,18,19,20). The normalized spacial score (nSPS) is 11.3. The summed E-state index contributed by atoms with van der Waals surface area (Å²) in [5.74, 6) is -1.15. The van der Waals surface area contributed by atoms with Crippen LogP contribution in [0.4, 0.5) is 24.7 Å². The predicted octanol–water partition coefficient (Wildman–Crippen LogP) is 3.90. The Hall–Kier alpha value is -2.35. The molecule has 0 fully saturated rings. The van der Waals surface area contributed by atoms with Crippen molar-refractivity contribution in [3.05, 3.63) is 46.4 Å². The fourth-order valence-corrected chi connectivity index (χ4v) is 1.97. The maximum atomic E-state index is 12.8. The van der Waals surface area contributed by atoms with Crippen molar-refractivity contribution in [1.82, 2.24) is 9.97 Å². The number of benzene rings is 1. The molecule has 2 N–H and O–H groups in total. The van der Waals surface area contributed by atoms with Crippen LogP contribution in [0.15, 0.2) is 24.5 Å². The van der Waals surface area contributed by atoms with Gasteiger partial charge in [-0.25, -0.2) is 14.8 Å². The second kappa shape index (κ2) is 5.80. The molecule has 2 rings (SSSR count). The molecule has 0 saturated carbocycles. The predicted molar refractivity (Wildman–Crippen MR) is 73.5 cm³/mol. The Balaban J connectivity index is 2.40. The number of alkyl halides is 3. The molecule has 0 aliphatic rings. The molecular weight excluding hydrogens is 323 g/mol. The number of nitrogens with zero attached hydrogens (tertiary/aromatic N) is 2. The molecule has 0 amide bonds. The number of nitrogens with one attached hydrogen (secondary N) is 1. The van der Waals surface area contributed by atoms with Crippen LogP contribution in [0.5, 0.6) is 0 Å². The fourth-order valence-electron chi connectivity index (χ4n) is 1.75. The largest absolute Gasteiger partial charge is 0.476 e. The lowest BCUT2D eigenvalue weighted by Crippen LogP contribution is -2.09. The van der Waals surface area contributed by atoms with E-state index in [0.717, 1.165) is 18.5 Å². The van der Waals surface area contributed by atoms with Gasteiger partial charge in [0.15, 0.2) is 5.69 Å². The summed E-state index contributed by atoms with van der Waals surface area (Å²) in [6.07, 6.45) is -3.58. The number of hydrogen-bond donors (Lipinski definition) is 2. The van der Waals surface area contributed by atoms with E-state index in [1.165, 1.54) is 13.0 Å². The molecule has 22 heavy (non-hydrogen) atoms. The molecule has 0 radical (unpaired) electrons. The molecule has 1 aromatic carbocycles. The summed E-state index contributed by atoms with van der Waals surface area (Å²) in [6, 6.07) is 3.26. The van der Waals surface area contributed by atoms with Gasteiger partial charge >= 0.3 is 12.1 Å². The summed E-state index contributed by atoms with van der Waals surface area (Å²) in [6.45, 7) is 1.45. The summed E-state index contributed by atoms with van der Waals surface area (Å²) in [5, 5.41) is 11.2. The van der Waals surface area contributed by atoms with Crippen LogP contribution in [0.3, 0.4) is 0 Å². The number of hydrogen-bond acceptors (Lipinski definition) is 4. The molecule has 0 aliphatic carbocycles. The minimum atomic E-state index is -4.60. The first-order valence-electron chi connectivity index (χ1n) is 5.89. The van der Waals surface area contributed by atoms with Gasteiger partial charge in [0.05, 0.1) is 10.6 Å². The third kappa shape index (κ3) is 3.28. The second-order valence-electron chi connectivity index (χ2n) is 4.32. The first-order chi connectivity index (χ1) is 10.2. The highest BCUT2D eigenvalue weighted by Crippen LogP contribution is 2.36. The molecular formula is C13H9ClF3N3O2. The van der Waals surface area contributed by atoms with Crippen molar-refractivity contribution in [2.45, 2.75) is 13.1 Å².